The van der Waals surface area contributed by atoms with Gasteiger partial charge in [-0.3, -0.25) is 0 Å². The van der Waals surface area contributed by atoms with E-state index in [-0.39, 0.29) is 11.7 Å². The third-order valence-corrected chi connectivity index (χ3v) is 2.85. The molecule has 1 fully saturated rings. The van der Waals surface area contributed by atoms with E-state index >= 15 is 0 Å². The summed E-state index contributed by atoms with van der Waals surface area (Å²) >= 11 is 0. The minimum absolute atomic E-state index is 0.0942. The first-order valence-corrected chi connectivity index (χ1v) is 6.38. The van der Waals surface area contributed by atoms with Crippen LogP contribution >= 0.6 is 0 Å². The Bertz CT molecular complexity index is 595. The number of nitrogens with two attached hydrogens (primary N) is 2. The number of aromatic nitrogens is 2. The van der Waals surface area contributed by atoms with Gasteiger partial charge in [0.05, 0.1) is 11.9 Å². The highest BCUT2D eigenvalue weighted by Crippen LogP contribution is 2.40. The molecule has 0 saturated heterocycles. The van der Waals surface area contributed by atoms with E-state index in [2.05, 4.69) is 9.97 Å². The summed E-state index contributed by atoms with van der Waals surface area (Å²) in [4.78, 5) is 7.22. The van der Waals surface area contributed by atoms with Crippen LogP contribution in [0.1, 0.15) is 30.3 Å². The summed E-state index contributed by atoms with van der Waals surface area (Å²) in [6.07, 6.45) is -1.73. The van der Waals surface area contributed by atoms with Crippen molar-refractivity contribution in [3.05, 3.63) is 48.0 Å². The SMILES string of the molecule is Nc1ccccc1.Nc1cnc(C2CC2)nc1C(F)(F)F. The quantitative estimate of drug-likeness (QED) is 0.792. The van der Waals surface area contributed by atoms with E-state index in [1.165, 1.54) is 0 Å². The normalized spacial score (nSPS) is 14.2. The molecule has 4 N–H and O–H groups in total. The minimum atomic E-state index is -4.49. The predicted octanol–water partition coefficient (Wildman–Crippen LogP) is 3.22. The van der Waals surface area contributed by atoms with Gasteiger partial charge in [0.1, 0.15) is 5.82 Å². The van der Waals surface area contributed by atoms with Gasteiger partial charge in [-0.15, -0.1) is 0 Å². The maximum atomic E-state index is 12.3. The number of para-hydroxylation sites is 1. The molecule has 0 radical (unpaired) electrons. The Morgan fingerprint density at radius 2 is 1.67 bits per heavy atom. The van der Waals surface area contributed by atoms with Crippen molar-refractivity contribution >= 4 is 11.4 Å². The molecule has 1 aliphatic carbocycles. The number of hydrogen-bond donors (Lipinski definition) is 2. The predicted molar refractivity (Wildman–Crippen MR) is 74.3 cm³/mol. The Morgan fingerprint density at radius 1 is 1.05 bits per heavy atom. The lowest BCUT2D eigenvalue weighted by atomic mass is 10.3. The Hall–Kier alpha value is -2.31. The van der Waals surface area contributed by atoms with Gasteiger partial charge in [0.2, 0.25) is 0 Å². The molecule has 2 aromatic rings. The van der Waals surface area contributed by atoms with Crippen LogP contribution < -0.4 is 11.5 Å². The Labute approximate surface area is 120 Å². The van der Waals surface area contributed by atoms with Crippen molar-refractivity contribution in [1.82, 2.24) is 9.97 Å². The van der Waals surface area contributed by atoms with Crippen LogP contribution in [0.4, 0.5) is 24.5 Å². The zero-order valence-electron chi connectivity index (χ0n) is 11.1. The van der Waals surface area contributed by atoms with E-state index in [9.17, 15) is 13.2 Å². The number of anilines is 2. The smallest absolute Gasteiger partial charge is 0.399 e. The highest BCUT2D eigenvalue weighted by atomic mass is 19.4. The summed E-state index contributed by atoms with van der Waals surface area (Å²) in [5.74, 6) is 0.350. The monoisotopic (exact) mass is 296 g/mol. The number of alkyl halides is 3. The molecule has 0 amide bonds. The number of rotatable bonds is 1. The van der Waals surface area contributed by atoms with Crippen LogP contribution in [-0.2, 0) is 6.18 Å². The third-order valence-electron chi connectivity index (χ3n) is 2.85. The first-order chi connectivity index (χ1) is 9.88. The van der Waals surface area contributed by atoms with E-state index in [4.69, 9.17) is 11.5 Å². The van der Waals surface area contributed by atoms with Gasteiger partial charge in [0.15, 0.2) is 5.69 Å². The molecule has 21 heavy (non-hydrogen) atoms. The van der Waals surface area contributed by atoms with E-state index in [0.717, 1.165) is 24.7 Å². The fraction of sp³-hybridized carbons (Fsp3) is 0.286. The topological polar surface area (TPSA) is 77.8 Å². The zero-order chi connectivity index (χ0) is 15.5. The average Bonchev–Trinajstić information content (AvgIpc) is 3.24. The summed E-state index contributed by atoms with van der Waals surface area (Å²) < 4.78 is 37.0. The maximum Gasteiger partial charge on any atom is 0.435 e. The highest BCUT2D eigenvalue weighted by molar-refractivity contribution is 5.42. The van der Waals surface area contributed by atoms with Gasteiger partial charge in [-0.1, -0.05) is 18.2 Å². The van der Waals surface area contributed by atoms with Crippen molar-refractivity contribution in [3.63, 3.8) is 0 Å². The summed E-state index contributed by atoms with van der Waals surface area (Å²) in [6, 6.07) is 9.49. The van der Waals surface area contributed by atoms with Crippen molar-refractivity contribution < 1.29 is 13.2 Å². The molecule has 0 atom stereocenters. The lowest BCUT2D eigenvalue weighted by molar-refractivity contribution is -0.140. The van der Waals surface area contributed by atoms with Crippen LogP contribution in [0.5, 0.6) is 0 Å². The van der Waals surface area contributed by atoms with Crippen LogP contribution in [0.3, 0.4) is 0 Å². The van der Waals surface area contributed by atoms with Crippen LogP contribution in [-0.4, -0.2) is 9.97 Å². The second kappa shape index (κ2) is 5.99. The first-order valence-electron chi connectivity index (χ1n) is 6.38. The largest absolute Gasteiger partial charge is 0.435 e. The van der Waals surface area contributed by atoms with Crippen molar-refractivity contribution in [2.45, 2.75) is 24.9 Å². The molecule has 0 spiro atoms. The molecule has 3 rings (SSSR count). The molecule has 1 saturated carbocycles. The van der Waals surface area contributed by atoms with Crippen LogP contribution in [0.25, 0.3) is 0 Å². The summed E-state index contributed by atoms with van der Waals surface area (Å²) in [5.41, 5.74) is 9.90. The standard InChI is InChI=1S/C8H8F3N3.C6H7N/c9-8(10,11)6-5(12)3-13-7(14-6)4-1-2-4;7-6-4-2-1-3-5-6/h3-4H,1-2,12H2;1-5H,7H2. The van der Waals surface area contributed by atoms with Crippen molar-refractivity contribution in [2.75, 3.05) is 11.5 Å². The third kappa shape index (κ3) is 4.34. The molecule has 1 aromatic heterocycles. The van der Waals surface area contributed by atoms with Crippen molar-refractivity contribution in [2.24, 2.45) is 0 Å². The minimum Gasteiger partial charge on any atom is -0.399 e. The molecular weight excluding hydrogens is 281 g/mol. The van der Waals surface area contributed by atoms with E-state index in [0.29, 0.717) is 0 Å². The molecule has 0 unspecified atom stereocenters. The maximum absolute atomic E-state index is 12.3. The van der Waals surface area contributed by atoms with Gasteiger partial charge >= 0.3 is 6.18 Å². The molecule has 7 heteroatoms. The molecule has 112 valence electrons. The van der Waals surface area contributed by atoms with Crippen LogP contribution in [0, 0.1) is 0 Å². The molecule has 1 heterocycles. The second-order valence-electron chi connectivity index (χ2n) is 4.71. The fourth-order valence-electron chi connectivity index (χ4n) is 1.62. The average molecular weight is 296 g/mol. The van der Waals surface area contributed by atoms with Gasteiger partial charge in [-0.25, -0.2) is 9.97 Å². The lowest BCUT2D eigenvalue weighted by Gasteiger charge is -2.09. The molecule has 4 nitrogen and oxygen atoms in total. The van der Waals surface area contributed by atoms with Gasteiger partial charge in [0.25, 0.3) is 0 Å². The molecule has 1 aromatic carbocycles. The molecular formula is C14H15F3N4. The van der Waals surface area contributed by atoms with Crippen molar-refractivity contribution in [1.29, 1.82) is 0 Å². The van der Waals surface area contributed by atoms with Crippen LogP contribution in [0.15, 0.2) is 36.5 Å². The number of hydrogen-bond acceptors (Lipinski definition) is 4. The summed E-state index contributed by atoms with van der Waals surface area (Å²) in [5, 5.41) is 0. The Morgan fingerprint density at radius 3 is 2.10 bits per heavy atom. The summed E-state index contributed by atoms with van der Waals surface area (Å²) in [6.45, 7) is 0. The van der Waals surface area contributed by atoms with Gasteiger partial charge in [0, 0.05) is 11.6 Å². The van der Waals surface area contributed by atoms with Gasteiger partial charge in [-0.2, -0.15) is 13.2 Å². The number of benzene rings is 1. The Kier molecular flexibility index (Phi) is 4.30. The first kappa shape index (κ1) is 15.1. The van der Waals surface area contributed by atoms with E-state index in [1.54, 1.807) is 0 Å². The van der Waals surface area contributed by atoms with E-state index in [1.807, 2.05) is 30.3 Å². The second-order valence-corrected chi connectivity index (χ2v) is 4.71. The van der Waals surface area contributed by atoms with Gasteiger partial charge < -0.3 is 11.5 Å². The molecule has 1 aliphatic rings. The summed E-state index contributed by atoms with van der Waals surface area (Å²) in [7, 11) is 0. The zero-order valence-corrected chi connectivity index (χ0v) is 11.1. The van der Waals surface area contributed by atoms with Gasteiger partial charge in [-0.05, 0) is 25.0 Å². The highest BCUT2D eigenvalue weighted by Gasteiger charge is 2.37. The fourth-order valence-corrected chi connectivity index (χ4v) is 1.62. The Balaban J connectivity index is 0.000000194. The molecule has 0 bridgehead atoms. The van der Waals surface area contributed by atoms with Crippen LogP contribution in [0.2, 0.25) is 0 Å². The number of nitrogens with zero attached hydrogens (tertiary/aromatic N) is 2. The number of halogens is 3. The lowest BCUT2D eigenvalue weighted by Crippen LogP contribution is -2.13. The van der Waals surface area contributed by atoms with Crippen molar-refractivity contribution in [3.8, 4) is 0 Å². The number of nitrogen functional groups attached to an aromatic ring is 2. The van der Waals surface area contributed by atoms with E-state index < -0.39 is 17.6 Å². The molecule has 0 aliphatic heterocycles.